The number of anilines is 1. The van der Waals surface area contributed by atoms with E-state index in [1.165, 1.54) is 6.08 Å². The first-order chi connectivity index (χ1) is 18.4. The van der Waals surface area contributed by atoms with E-state index < -0.39 is 11.8 Å². The van der Waals surface area contributed by atoms with Crippen LogP contribution in [0.15, 0.2) is 115 Å². The van der Waals surface area contributed by atoms with Gasteiger partial charge in [0, 0.05) is 21.8 Å². The smallest absolute Gasteiger partial charge is 0.272 e. The van der Waals surface area contributed by atoms with Crippen LogP contribution in [-0.4, -0.2) is 17.6 Å². The maximum absolute atomic E-state index is 13.2. The Morgan fingerprint density at radius 2 is 1.34 bits per heavy atom. The molecule has 0 atom stereocenters. The fourth-order valence-corrected chi connectivity index (χ4v) is 3.83. The van der Waals surface area contributed by atoms with Crippen molar-refractivity contribution in [2.75, 3.05) is 5.32 Å². The number of carbonyl (C=O) groups is 3. The van der Waals surface area contributed by atoms with Gasteiger partial charge in [0.1, 0.15) is 5.70 Å². The second kappa shape index (κ2) is 12.5. The lowest BCUT2D eigenvalue weighted by molar-refractivity contribution is -0.113. The molecule has 0 radical (unpaired) electrons. The van der Waals surface area contributed by atoms with E-state index in [0.717, 1.165) is 16.7 Å². The molecule has 0 aliphatic rings. The molecule has 0 aliphatic carbocycles. The second-order valence-electron chi connectivity index (χ2n) is 8.49. The number of hydrogen-bond donors (Lipinski definition) is 2. The predicted octanol–water partition coefficient (Wildman–Crippen LogP) is 6.95. The molecule has 6 heteroatoms. The zero-order valence-corrected chi connectivity index (χ0v) is 21.4. The first-order valence-corrected chi connectivity index (χ1v) is 12.3. The van der Waals surface area contributed by atoms with Crippen LogP contribution in [0.1, 0.15) is 37.4 Å². The standard InChI is InChI=1S/C32H25ClN2O3/c1-22-9-5-6-13-26(22)21-29(35-31(37)25-11-3-2-4-12-25)32(38)34-27-18-15-24(16-19-27)30(36)20-17-23-10-7-8-14-28(23)33/h2-21H,1H3,(H,34,38)(H,35,37)/b20-17+,29-21-. The summed E-state index contributed by atoms with van der Waals surface area (Å²) in [7, 11) is 0. The van der Waals surface area contributed by atoms with Crippen molar-refractivity contribution in [2.45, 2.75) is 6.92 Å². The van der Waals surface area contributed by atoms with Gasteiger partial charge in [0.15, 0.2) is 5.78 Å². The summed E-state index contributed by atoms with van der Waals surface area (Å²) in [6.07, 6.45) is 4.76. The number of nitrogens with one attached hydrogen (secondary N) is 2. The van der Waals surface area contributed by atoms with E-state index >= 15 is 0 Å². The van der Waals surface area contributed by atoms with Crippen molar-refractivity contribution >= 4 is 47.0 Å². The minimum absolute atomic E-state index is 0.0935. The quantitative estimate of drug-likeness (QED) is 0.195. The van der Waals surface area contributed by atoms with Gasteiger partial charge in [-0.2, -0.15) is 0 Å². The number of allylic oxidation sites excluding steroid dienone is 1. The molecule has 2 amide bonds. The van der Waals surface area contributed by atoms with Crippen molar-refractivity contribution in [1.82, 2.24) is 5.32 Å². The lowest BCUT2D eigenvalue weighted by Crippen LogP contribution is -2.30. The Balaban J connectivity index is 1.51. The van der Waals surface area contributed by atoms with Crippen molar-refractivity contribution in [3.05, 3.63) is 148 Å². The van der Waals surface area contributed by atoms with Crippen LogP contribution in [0, 0.1) is 6.92 Å². The molecular formula is C32H25ClN2O3. The van der Waals surface area contributed by atoms with E-state index in [2.05, 4.69) is 10.6 Å². The van der Waals surface area contributed by atoms with Crippen LogP contribution in [0.4, 0.5) is 5.69 Å². The summed E-state index contributed by atoms with van der Waals surface area (Å²) in [6, 6.07) is 30.0. The van der Waals surface area contributed by atoms with Gasteiger partial charge in [0.2, 0.25) is 0 Å². The highest BCUT2D eigenvalue weighted by molar-refractivity contribution is 6.32. The lowest BCUT2D eigenvalue weighted by atomic mass is 10.1. The molecule has 0 saturated carbocycles. The van der Waals surface area contributed by atoms with Crippen LogP contribution in [0.5, 0.6) is 0 Å². The third-order valence-electron chi connectivity index (χ3n) is 5.76. The first-order valence-electron chi connectivity index (χ1n) is 11.9. The Labute approximate surface area is 226 Å². The zero-order chi connectivity index (χ0) is 26.9. The van der Waals surface area contributed by atoms with E-state index in [0.29, 0.717) is 21.8 Å². The average Bonchev–Trinajstić information content (AvgIpc) is 2.94. The normalized spacial score (nSPS) is 11.3. The third kappa shape index (κ3) is 6.93. The molecule has 0 bridgehead atoms. The van der Waals surface area contributed by atoms with E-state index in [1.807, 2.05) is 55.5 Å². The Hall–Kier alpha value is -4.74. The number of halogens is 1. The van der Waals surface area contributed by atoms with Crippen LogP contribution in [0.25, 0.3) is 12.2 Å². The van der Waals surface area contributed by atoms with E-state index in [4.69, 9.17) is 11.6 Å². The molecule has 0 unspecified atom stereocenters. The number of benzene rings is 4. The van der Waals surface area contributed by atoms with Crippen molar-refractivity contribution in [3.8, 4) is 0 Å². The van der Waals surface area contributed by atoms with Gasteiger partial charge in [-0.15, -0.1) is 0 Å². The largest absolute Gasteiger partial charge is 0.321 e. The number of rotatable bonds is 8. The highest BCUT2D eigenvalue weighted by Crippen LogP contribution is 2.18. The predicted molar refractivity (Wildman–Crippen MR) is 153 cm³/mol. The molecular weight excluding hydrogens is 496 g/mol. The molecule has 0 saturated heterocycles. The topological polar surface area (TPSA) is 75.3 Å². The van der Waals surface area contributed by atoms with Crippen LogP contribution in [0.3, 0.4) is 0 Å². The zero-order valence-electron chi connectivity index (χ0n) is 20.6. The number of aryl methyl sites for hydroxylation is 1. The SMILES string of the molecule is Cc1ccccc1/C=C(\NC(=O)c1ccccc1)C(=O)Nc1ccc(C(=O)/C=C/c2ccccc2Cl)cc1. The molecule has 4 rings (SSSR count). The molecule has 4 aromatic carbocycles. The minimum atomic E-state index is -0.491. The fourth-order valence-electron chi connectivity index (χ4n) is 3.63. The highest BCUT2D eigenvalue weighted by atomic mass is 35.5. The Bertz CT molecular complexity index is 1520. The lowest BCUT2D eigenvalue weighted by Gasteiger charge is -2.12. The second-order valence-corrected chi connectivity index (χ2v) is 8.89. The van der Waals surface area contributed by atoms with Crippen molar-refractivity contribution in [1.29, 1.82) is 0 Å². The first kappa shape index (κ1) is 26.3. The molecule has 188 valence electrons. The maximum Gasteiger partial charge on any atom is 0.272 e. The van der Waals surface area contributed by atoms with Gasteiger partial charge >= 0.3 is 0 Å². The summed E-state index contributed by atoms with van der Waals surface area (Å²) in [5.74, 6) is -1.08. The van der Waals surface area contributed by atoms with Crippen LogP contribution in [-0.2, 0) is 4.79 Å². The van der Waals surface area contributed by atoms with Gasteiger partial charge < -0.3 is 10.6 Å². The molecule has 0 fully saturated rings. The van der Waals surface area contributed by atoms with Crippen LogP contribution in [0.2, 0.25) is 5.02 Å². The molecule has 0 heterocycles. The van der Waals surface area contributed by atoms with E-state index in [1.54, 1.807) is 66.7 Å². The number of ketones is 1. The third-order valence-corrected chi connectivity index (χ3v) is 6.11. The van der Waals surface area contributed by atoms with Gasteiger partial charge in [0.25, 0.3) is 11.8 Å². The molecule has 5 nitrogen and oxygen atoms in total. The summed E-state index contributed by atoms with van der Waals surface area (Å²) in [6.45, 7) is 1.93. The van der Waals surface area contributed by atoms with Crippen molar-refractivity contribution < 1.29 is 14.4 Å². The molecule has 0 spiro atoms. The number of hydrogen-bond acceptors (Lipinski definition) is 3. The van der Waals surface area contributed by atoms with Gasteiger partial charge in [-0.3, -0.25) is 14.4 Å². The summed E-state index contributed by atoms with van der Waals surface area (Å²) in [4.78, 5) is 38.6. The average molecular weight is 521 g/mol. The molecule has 2 N–H and O–H groups in total. The van der Waals surface area contributed by atoms with Gasteiger partial charge in [0.05, 0.1) is 0 Å². The minimum Gasteiger partial charge on any atom is -0.321 e. The summed E-state index contributed by atoms with van der Waals surface area (Å²) < 4.78 is 0. The maximum atomic E-state index is 13.2. The monoisotopic (exact) mass is 520 g/mol. The molecule has 38 heavy (non-hydrogen) atoms. The van der Waals surface area contributed by atoms with Gasteiger partial charge in [-0.25, -0.2) is 0 Å². The Kier molecular flexibility index (Phi) is 8.65. The van der Waals surface area contributed by atoms with E-state index in [-0.39, 0.29) is 11.5 Å². The van der Waals surface area contributed by atoms with Crippen LogP contribution >= 0.6 is 11.6 Å². The van der Waals surface area contributed by atoms with Crippen LogP contribution < -0.4 is 10.6 Å². The highest BCUT2D eigenvalue weighted by Gasteiger charge is 2.16. The summed E-state index contributed by atoms with van der Waals surface area (Å²) >= 11 is 6.14. The Morgan fingerprint density at radius 3 is 2.03 bits per heavy atom. The van der Waals surface area contributed by atoms with Crippen molar-refractivity contribution in [2.24, 2.45) is 0 Å². The van der Waals surface area contributed by atoms with Crippen molar-refractivity contribution in [3.63, 3.8) is 0 Å². The van der Waals surface area contributed by atoms with Gasteiger partial charge in [-0.05, 0) is 84.3 Å². The van der Waals surface area contributed by atoms with E-state index in [9.17, 15) is 14.4 Å². The summed E-state index contributed by atoms with van der Waals surface area (Å²) in [5, 5.41) is 6.09. The fraction of sp³-hybridized carbons (Fsp3) is 0.0312. The van der Waals surface area contributed by atoms with Gasteiger partial charge in [-0.1, -0.05) is 72.3 Å². The Morgan fingerprint density at radius 1 is 0.711 bits per heavy atom. The number of amides is 2. The molecule has 0 aliphatic heterocycles. The summed E-state index contributed by atoms with van der Waals surface area (Å²) in [5.41, 5.74) is 3.97. The molecule has 0 aromatic heterocycles. The number of carbonyl (C=O) groups excluding carboxylic acids is 3. The molecule has 4 aromatic rings.